The van der Waals surface area contributed by atoms with E-state index in [1.165, 1.54) is 6.07 Å². The van der Waals surface area contributed by atoms with Crippen molar-refractivity contribution < 1.29 is 4.92 Å². The molecular formula is C12H17ClN2O2. The van der Waals surface area contributed by atoms with Gasteiger partial charge in [-0.1, -0.05) is 31.9 Å². The van der Waals surface area contributed by atoms with Gasteiger partial charge < -0.3 is 5.32 Å². The van der Waals surface area contributed by atoms with Crippen LogP contribution in [0.2, 0.25) is 5.02 Å². The molecule has 0 radical (unpaired) electrons. The molecule has 1 N–H and O–H groups in total. The summed E-state index contributed by atoms with van der Waals surface area (Å²) in [6.45, 7) is 4.21. The van der Waals surface area contributed by atoms with Gasteiger partial charge in [-0.05, 0) is 25.0 Å². The molecule has 0 heterocycles. The Hall–Kier alpha value is -1.29. The molecule has 1 aromatic rings. The van der Waals surface area contributed by atoms with Crippen LogP contribution < -0.4 is 5.32 Å². The van der Waals surface area contributed by atoms with Crippen LogP contribution in [0, 0.1) is 10.1 Å². The van der Waals surface area contributed by atoms with Crippen molar-refractivity contribution >= 4 is 23.0 Å². The third kappa shape index (κ3) is 3.89. The minimum atomic E-state index is -0.464. The molecular weight excluding hydrogens is 240 g/mol. The van der Waals surface area contributed by atoms with Gasteiger partial charge in [0.15, 0.2) is 0 Å². The Balaban J connectivity index is 2.84. The molecule has 1 unspecified atom stereocenters. The predicted molar refractivity (Wildman–Crippen MR) is 70.7 cm³/mol. The SMILES string of the molecule is CCCC(CC)Nc1ccc(Cl)c([N+](=O)[O-])c1. The lowest BCUT2D eigenvalue weighted by Gasteiger charge is -2.17. The molecule has 0 saturated heterocycles. The zero-order valence-corrected chi connectivity index (χ0v) is 10.8. The van der Waals surface area contributed by atoms with Crippen LogP contribution in [0.5, 0.6) is 0 Å². The van der Waals surface area contributed by atoms with E-state index in [1.807, 2.05) is 0 Å². The lowest BCUT2D eigenvalue weighted by Crippen LogP contribution is -2.17. The first-order valence-corrected chi connectivity index (χ1v) is 6.16. The second kappa shape index (κ2) is 6.45. The van der Waals surface area contributed by atoms with Crippen LogP contribution in [-0.2, 0) is 0 Å². The van der Waals surface area contributed by atoms with Gasteiger partial charge in [-0.25, -0.2) is 0 Å². The summed E-state index contributed by atoms with van der Waals surface area (Å²) in [6, 6.07) is 5.16. The Labute approximate surface area is 106 Å². The molecule has 4 nitrogen and oxygen atoms in total. The van der Waals surface area contributed by atoms with Gasteiger partial charge >= 0.3 is 0 Å². The fraction of sp³-hybridized carbons (Fsp3) is 0.500. The average Bonchev–Trinajstić information content (AvgIpc) is 2.30. The molecule has 0 amide bonds. The van der Waals surface area contributed by atoms with E-state index in [1.54, 1.807) is 12.1 Å². The van der Waals surface area contributed by atoms with Gasteiger partial charge in [-0.3, -0.25) is 10.1 Å². The molecule has 94 valence electrons. The maximum atomic E-state index is 10.7. The highest BCUT2D eigenvalue weighted by molar-refractivity contribution is 6.32. The first kappa shape index (κ1) is 13.8. The third-order valence-corrected chi connectivity index (χ3v) is 2.96. The van der Waals surface area contributed by atoms with Crippen LogP contribution in [-0.4, -0.2) is 11.0 Å². The summed E-state index contributed by atoms with van der Waals surface area (Å²) in [7, 11) is 0. The van der Waals surface area contributed by atoms with Gasteiger partial charge in [0.1, 0.15) is 5.02 Å². The van der Waals surface area contributed by atoms with Crippen LogP contribution in [0.3, 0.4) is 0 Å². The smallest absolute Gasteiger partial charge is 0.289 e. The van der Waals surface area contributed by atoms with Gasteiger partial charge in [0.05, 0.1) is 4.92 Å². The molecule has 0 aromatic heterocycles. The zero-order valence-electron chi connectivity index (χ0n) is 10.1. The van der Waals surface area contributed by atoms with Crippen molar-refractivity contribution in [1.82, 2.24) is 0 Å². The fourth-order valence-corrected chi connectivity index (χ4v) is 1.89. The number of hydrogen-bond donors (Lipinski definition) is 1. The van der Waals surface area contributed by atoms with E-state index in [0.29, 0.717) is 6.04 Å². The number of nitro groups is 1. The molecule has 0 aliphatic heterocycles. The highest BCUT2D eigenvalue weighted by Crippen LogP contribution is 2.28. The largest absolute Gasteiger partial charge is 0.382 e. The first-order valence-electron chi connectivity index (χ1n) is 5.79. The van der Waals surface area contributed by atoms with Crippen LogP contribution in [0.4, 0.5) is 11.4 Å². The van der Waals surface area contributed by atoms with Crippen molar-refractivity contribution in [2.24, 2.45) is 0 Å². The summed E-state index contributed by atoms with van der Waals surface area (Å²) in [4.78, 5) is 10.3. The summed E-state index contributed by atoms with van der Waals surface area (Å²) in [5.41, 5.74) is 0.699. The van der Waals surface area contributed by atoms with Crippen molar-refractivity contribution in [3.63, 3.8) is 0 Å². The number of nitrogens with zero attached hydrogens (tertiary/aromatic N) is 1. The average molecular weight is 257 g/mol. The molecule has 0 aliphatic rings. The minimum absolute atomic E-state index is 0.0528. The summed E-state index contributed by atoms with van der Waals surface area (Å²) >= 11 is 5.75. The van der Waals surface area contributed by atoms with E-state index >= 15 is 0 Å². The van der Waals surface area contributed by atoms with Crippen molar-refractivity contribution in [2.75, 3.05) is 5.32 Å². The lowest BCUT2D eigenvalue weighted by molar-refractivity contribution is -0.384. The van der Waals surface area contributed by atoms with E-state index in [9.17, 15) is 10.1 Å². The molecule has 0 bridgehead atoms. The first-order chi connectivity index (χ1) is 8.08. The van der Waals surface area contributed by atoms with Crippen LogP contribution >= 0.6 is 11.6 Å². The third-order valence-electron chi connectivity index (χ3n) is 2.64. The molecule has 1 aromatic carbocycles. The Morgan fingerprint density at radius 3 is 2.71 bits per heavy atom. The van der Waals surface area contributed by atoms with Gasteiger partial charge in [-0.15, -0.1) is 0 Å². The number of benzene rings is 1. The van der Waals surface area contributed by atoms with Crippen molar-refractivity contribution in [1.29, 1.82) is 0 Å². The van der Waals surface area contributed by atoms with Crippen LogP contribution in [0.1, 0.15) is 33.1 Å². The topological polar surface area (TPSA) is 55.2 Å². The van der Waals surface area contributed by atoms with Gasteiger partial charge in [0, 0.05) is 17.8 Å². The Bertz CT molecular complexity index is 396. The lowest BCUT2D eigenvalue weighted by atomic mass is 10.1. The number of anilines is 1. The summed E-state index contributed by atoms with van der Waals surface area (Å²) in [6.07, 6.45) is 3.12. The normalized spacial score (nSPS) is 12.2. The monoisotopic (exact) mass is 256 g/mol. The summed E-state index contributed by atoms with van der Waals surface area (Å²) in [5.74, 6) is 0. The highest BCUT2D eigenvalue weighted by atomic mass is 35.5. The number of nitrogens with one attached hydrogen (secondary N) is 1. The van der Waals surface area contributed by atoms with Crippen molar-refractivity contribution in [3.8, 4) is 0 Å². The number of rotatable bonds is 6. The number of halogens is 1. The molecule has 0 spiro atoms. The standard InChI is InChI=1S/C12H17ClN2O2/c1-3-5-9(4-2)14-10-6-7-11(13)12(8-10)15(16)17/h6-9,14H,3-5H2,1-2H3. The Kier molecular flexibility index (Phi) is 5.22. The molecule has 5 heteroatoms. The van der Waals surface area contributed by atoms with Crippen molar-refractivity contribution in [2.45, 2.75) is 39.2 Å². The molecule has 1 atom stereocenters. The fourth-order valence-electron chi connectivity index (χ4n) is 1.70. The van der Waals surface area contributed by atoms with E-state index in [-0.39, 0.29) is 10.7 Å². The second-order valence-corrected chi connectivity index (χ2v) is 4.37. The van der Waals surface area contributed by atoms with E-state index in [4.69, 9.17) is 11.6 Å². The van der Waals surface area contributed by atoms with Crippen molar-refractivity contribution in [3.05, 3.63) is 33.3 Å². The van der Waals surface area contributed by atoms with Crippen LogP contribution in [0.25, 0.3) is 0 Å². The molecule has 17 heavy (non-hydrogen) atoms. The van der Waals surface area contributed by atoms with E-state index < -0.39 is 4.92 Å². The van der Waals surface area contributed by atoms with E-state index in [0.717, 1.165) is 24.9 Å². The number of nitro benzene ring substituents is 1. The van der Waals surface area contributed by atoms with Gasteiger partial charge in [0.25, 0.3) is 5.69 Å². The van der Waals surface area contributed by atoms with Gasteiger partial charge in [0.2, 0.25) is 0 Å². The molecule has 0 aliphatic carbocycles. The Morgan fingerprint density at radius 2 is 2.18 bits per heavy atom. The maximum Gasteiger partial charge on any atom is 0.289 e. The van der Waals surface area contributed by atoms with Gasteiger partial charge in [-0.2, -0.15) is 0 Å². The minimum Gasteiger partial charge on any atom is -0.382 e. The van der Waals surface area contributed by atoms with Crippen LogP contribution in [0.15, 0.2) is 18.2 Å². The summed E-state index contributed by atoms with van der Waals surface area (Å²) in [5, 5.41) is 14.2. The van der Waals surface area contributed by atoms with E-state index in [2.05, 4.69) is 19.2 Å². The number of hydrogen-bond acceptors (Lipinski definition) is 3. The zero-order chi connectivity index (χ0) is 12.8. The molecule has 0 saturated carbocycles. The summed E-state index contributed by atoms with van der Waals surface area (Å²) < 4.78 is 0. The predicted octanol–water partition coefficient (Wildman–Crippen LogP) is 4.24. The Morgan fingerprint density at radius 1 is 1.47 bits per heavy atom. The molecule has 0 fully saturated rings. The maximum absolute atomic E-state index is 10.7. The molecule has 1 rings (SSSR count). The highest BCUT2D eigenvalue weighted by Gasteiger charge is 2.14. The second-order valence-electron chi connectivity index (χ2n) is 3.96. The quantitative estimate of drug-likeness (QED) is 0.612.